The summed E-state index contributed by atoms with van der Waals surface area (Å²) in [6, 6.07) is 6.85. The Morgan fingerprint density at radius 2 is 1.63 bits per heavy atom. The van der Waals surface area contributed by atoms with Crippen LogP contribution in [-0.2, 0) is 16.1 Å². The molecule has 1 aliphatic carbocycles. The zero-order valence-electron chi connectivity index (χ0n) is 10.7. The highest BCUT2D eigenvalue weighted by Crippen LogP contribution is 2.38. The van der Waals surface area contributed by atoms with Gasteiger partial charge in [0.15, 0.2) is 0 Å². The van der Waals surface area contributed by atoms with Crippen molar-refractivity contribution in [3.8, 4) is 5.75 Å². The van der Waals surface area contributed by atoms with Gasteiger partial charge in [-0.05, 0) is 18.9 Å². The minimum absolute atomic E-state index is 0.0575. The maximum absolute atomic E-state index is 12.3. The van der Waals surface area contributed by atoms with Crippen LogP contribution in [0.15, 0.2) is 24.3 Å². The summed E-state index contributed by atoms with van der Waals surface area (Å²) < 4.78 is 0. The second kappa shape index (κ2) is 4.68. The van der Waals surface area contributed by atoms with E-state index in [-0.39, 0.29) is 35.9 Å². The first kappa shape index (κ1) is 12.2. The van der Waals surface area contributed by atoms with Crippen LogP contribution in [0.2, 0.25) is 0 Å². The largest absolute Gasteiger partial charge is 0.508 e. The third kappa shape index (κ3) is 2.01. The molecule has 1 saturated heterocycles. The maximum Gasteiger partial charge on any atom is 0.233 e. The summed E-state index contributed by atoms with van der Waals surface area (Å²) in [6.45, 7) is 0.192. The van der Waals surface area contributed by atoms with Crippen LogP contribution in [0, 0.1) is 11.8 Å². The number of fused-ring (bicyclic) bond motifs is 1. The predicted octanol–water partition coefficient (Wildman–Crippen LogP) is 2.07. The molecule has 2 amide bonds. The number of hydrogen-bond donors (Lipinski definition) is 1. The van der Waals surface area contributed by atoms with E-state index in [1.165, 1.54) is 4.90 Å². The molecular weight excluding hydrogens is 242 g/mol. The van der Waals surface area contributed by atoms with Crippen molar-refractivity contribution in [1.29, 1.82) is 0 Å². The fourth-order valence-corrected chi connectivity index (χ4v) is 3.20. The summed E-state index contributed by atoms with van der Waals surface area (Å²) in [5.41, 5.74) is 0.628. The molecule has 4 heteroatoms. The zero-order chi connectivity index (χ0) is 13.4. The number of nitrogens with zero attached hydrogens (tertiary/aromatic N) is 1. The number of phenols is 1. The third-order valence-electron chi connectivity index (χ3n) is 4.25. The van der Waals surface area contributed by atoms with E-state index in [9.17, 15) is 14.7 Å². The fraction of sp³-hybridized carbons (Fsp3) is 0.467. The van der Waals surface area contributed by atoms with Gasteiger partial charge < -0.3 is 5.11 Å². The van der Waals surface area contributed by atoms with E-state index in [1.54, 1.807) is 24.3 Å². The quantitative estimate of drug-likeness (QED) is 0.827. The summed E-state index contributed by atoms with van der Waals surface area (Å²) in [4.78, 5) is 25.9. The van der Waals surface area contributed by atoms with Gasteiger partial charge in [0.2, 0.25) is 11.8 Å². The predicted molar refractivity (Wildman–Crippen MR) is 69.1 cm³/mol. The zero-order valence-corrected chi connectivity index (χ0v) is 10.7. The van der Waals surface area contributed by atoms with E-state index in [0.717, 1.165) is 25.7 Å². The monoisotopic (exact) mass is 259 g/mol. The Morgan fingerprint density at radius 3 is 2.21 bits per heavy atom. The number of hydrogen-bond acceptors (Lipinski definition) is 3. The molecule has 2 aliphatic rings. The van der Waals surface area contributed by atoms with Gasteiger partial charge in [-0.1, -0.05) is 31.0 Å². The van der Waals surface area contributed by atoms with Crippen LogP contribution in [0.1, 0.15) is 31.2 Å². The molecule has 19 heavy (non-hydrogen) atoms. The number of benzene rings is 1. The van der Waals surface area contributed by atoms with Gasteiger partial charge >= 0.3 is 0 Å². The van der Waals surface area contributed by atoms with Crippen LogP contribution >= 0.6 is 0 Å². The lowest BCUT2D eigenvalue weighted by atomic mass is 9.81. The number of carbonyl (C=O) groups excluding carboxylic acids is 2. The Balaban J connectivity index is 1.83. The minimum atomic E-state index is -0.118. The Bertz CT molecular complexity index is 502. The molecule has 1 heterocycles. The van der Waals surface area contributed by atoms with Crippen LogP contribution in [0.3, 0.4) is 0 Å². The van der Waals surface area contributed by atoms with Gasteiger partial charge in [0.25, 0.3) is 0 Å². The van der Waals surface area contributed by atoms with Crippen molar-refractivity contribution in [1.82, 2.24) is 4.90 Å². The highest BCUT2D eigenvalue weighted by molar-refractivity contribution is 6.05. The number of para-hydroxylation sites is 1. The normalized spacial score (nSPS) is 26.6. The van der Waals surface area contributed by atoms with Crippen molar-refractivity contribution in [2.75, 3.05) is 0 Å². The smallest absolute Gasteiger partial charge is 0.233 e. The molecule has 0 radical (unpaired) electrons. The van der Waals surface area contributed by atoms with E-state index in [4.69, 9.17) is 0 Å². The lowest BCUT2D eigenvalue weighted by Gasteiger charge is -2.19. The number of phenolic OH excluding ortho intramolecular Hbond substituents is 1. The topological polar surface area (TPSA) is 57.6 Å². The lowest BCUT2D eigenvalue weighted by Crippen LogP contribution is -2.30. The van der Waals surface area contributed by atoms with E-state index in [0.29, 0.717) is 5.56 Å². The summed E-state index contributed by atoms with van der Waals surface area (Å²) in [5.74, 6) is -0.215. The van der Waals surface area contributed by atoms with Crippen LogP contribution in [-0.4, -0.2) is 21.8 Å². The number of rotatable bonds is 2. The van der Waals surface area contributed by atoms with Gasteiger partial charge in [-0.3, -0.25) is 14.5 Å². The van der Waals surface area contributed by atoms with E-state index in [2.05, 4.69) is 0 Å². The molecule has 1 aromatic carbocycles. The molecule has 0 aromatic heterocycles. The minimum Gasteiger partial charge on any atom is -0.508 e. The van der Waals surface area contributed by atoms with Crippen molar-refractivity contribution in [3.05, 3.63) is 29.8 Å². The molecular formula is C15H17NO3. The summed E-state index contributed by atoms with van der Waals surface area (Å²) in [6.07, 6.45) is 3.72. The molecule has 2 unspecified atom stereocenters. The highest BCUT2D eigenvalue weighted by atomic mass is 16.3. The standard InChI is InChI=1S/C15H17NO3/c17-13-8-4-1-5-10(13)9-16-14(18)11-6-2-3-7-12(11)15(16)19/h1,4-5,8,11-12,17H,2-3,6-7,9H2. The molecule has 1 aliphatic heterocycles. The first-order valence-corrected chi connectivity index (χ1v) is 6.80. The SMILES string of the molecule is O=C1C2CCCCC2C(=O)N1Cc1ccccc1O. The van der Waals surface area contributed by atoms with Gasteiger partial charge in [0.05, 0.1) is 18.4 Å². The van der Waals surface area contributed by atoms with Crippen molar-refractivity contribution < 1.29 is 14.7 Å². The Kier molecular flexibility index (Phi) is 3.01. The molecule has 4 nitrogen and oxygen atoms in total. The molecule has 100 valence electrons. The number of carbonyl (C=O) groups is 2. The molecule has 1 N–H and O–H groups in total. The lowest BCUT2D eigenvalue weighted by molar-refractivity contribution is -0.140. The average Bonchev–Trinajstić information content (AvgIpc) is 2.67. The molecule has 1 saturated carbocycles. The molecule has 3 rings (SSSR count). The fourth-order valence-electron chi connectivity index (χ4n) is 3.20. The molecule has 0 spiro atoms. The van der Waals surface area contributed by atoms with Crippen LogP contribution in [0.25, 0.3) is 0 Å². The van der Waals surface area contributed by atoms with E-state index in [1.807, 2.05) is 0 Å². The Labute approximate surface area is 112 Å². The molecule has 2 fully saturated rings. The van der Waals surface area contributed by atoms with E-state index >= 15 is 0 Å². The average molecular weight is 259 g/mol. The second-order valence-corrected chi connectivity index (χ2v) is 5.39. The number of imide groups is 1. The molecule has 1 aromatic rings. The number of aromatic hydroxyl groups is 1. The summed E-state index contributed by atoms with van der Waals surface area (Å²) >= 11 is 0. The van der Waals surface area contributed by atoms with E-state index < -0.39 is 0 Å². The van der Waals surface area contributed by atoms with Gasteiger partial charge in [-0.25, -0.2) is 0 Å². The highest BCUT2D eigenvalue weighted by Gasteiger charge is 2.47. The van der Waals surface area contributed by atoms with Gasteiger partial charge in [0.1, 0.15) is 5.75 Å². The maximum atomic E-state index is 12.3. The summed E-state index contributed by atoms with van der Waals surface area (Å²) in [7, 11) is 0. The third-order valence-corrected chi connectivity index (χ3v) is 4.25. The van der Waals surface area contributed by atoms with Crippen molar-refractivity contribution >= 4 is 11.8 Å². The van der Waals surface area contributed by atoms with Crippen LogP contribution in [0.5, 0.6) is 5.75 Å². The van der Waals surface area contributed by atoms with Crippen molar-refractivity contribution in [3.63, 3.8) is 0 Å². The molecule has 2 atom stereocenters. The van der Waals surface area contributed by atoms with Crippen LogP contribution < -0.4 is 0 Å². The second-order valence-electron chi connectivity index (χ2n) is 5.39. The van der Waals surface area contributed by atoms with Gasteiger partial charge in [-0.2, -0.15) is 0 Å². The van der Waals surface area contributed by atoms with Gasteiger partial charge in [0, 0.05) is 5.56 Å². The first-order valence-electron chi connectivity index (χ1n) is 6.80. The summed E-state index contributed by atoms with van der Waals surface area (Å²) in [5, 5.41) is 9.75. The first-order chi connectivity index (χ1) is 9.18. The van der Waals surface area contributed by atoms with Gasteiger partial charge in [-0.15, -0.1) is 0 Å². The van der Waals surface area contributed by atoms with Crippen molar-refractivity contribution in [2.45, 2.75) is 32.2 Å². The number of amides is 2. The Morgan fingerprint density at radius 1 is 1.05 bits per heavy atom. The number of likely N-dealkylation sites (tertiary alicyclic amines) is 1. The van der Waals surface area contributed by atoms with Crippen LogP contribution in [0.4, 0.5) is 0 Å². The van der Waals surface area contributed by atoms with Crippen molar-refractivity contribution in [2.24, 2.45) is 11.8 Å². The Hall–Kier alpha value is -1.84. The molecule has 0 bridgehead atoms.